The summed E-state index contributed by atoms with van der Waals surface area (Å²) in [6.45, 7) is 2.09. The molecule has 1 aromatic rings. The average Bonchev–Trinajstić information content (AvgIpc) is 2.91. The molecule has 0 heterocycles. The van der Waals surface area contributed by atoms with Crippen molar-refractivity contribution in [2.75, 3.05) is 19.7 Å². The highest BCUT2D eigenvalue weighted by Gasteiger charge is 2.14. The summed E-state index contributed by atoms with van der Waals surface area (Å²) in [4.78, 5) is 0. The Morgan fingerprint density at radius 2 is 2.16 bits per heavy atom. The zero-order valence-electron chi connectivity index (χ0n) is 11.1. The molecule has 0 saturated heterocycles. The largest absolute Gasteiger partial charge is 0.387 e. The van der Waals surface area contributed by atoms with Gasteiger partial charge in [-0.3, -0.25) is 0 Å². The molecule has 1 unspecified atom stereocenters. The SMILES string of the molecule is OC(CNCCOC1CCCC1)c1cccc(Br)c1. The zero-order chi connectivity index (χ0) is 13.5. The quantitative estimate of drug-likeness (QED) is 0.756. The number of halogens is 1. The molecule has 1 aromatic carbocycles. The minimum atomic E-state index is -0.469. The number of nitrogens with one attached hydrogen (secondary N) is 1. The van der Waals surface area contributed by atoms with E-state index in [1.807, 2.05) is 24.3 Å². The highest BCUT2D eigenvalue weighted by atomic mass is 79.9. The number of ether oxygens (including phenoxy) is 1. The van der Waals surface area contributed by atoms with Crippen LogP contribution < -0.4 is 5.32 Å². The lowest BCUT2D eigenvalue weighted by molar-refractivity contribution is 0.0585. The van der Waals surface area contributed by atoms with E-state index in [1.165, 1.54) is 25.7 Å². The summed E-state index contributed by atoms with van der Waals surface area (Å²) in [5, 5.41) is 13.3. The number of benzene rings is 1. The van der Waals surface area contributed by atoms with E-state index < -0.39 is 6.10 Å². The number of hydrogen-bond acceptors (Lipinski definition) is 3. The van der Waals surface area contributed by atoms with E-state index >= 15 is 0 Å². The van der Waals surface area contributed by atoms with Gasteiger partial charge in [-0.2, -0.15) is 0 Å². The van der Waals surface area contributed by atoms with Gasteiger partial charge in [0.25, 0.3) is 0 Å². The van der Waals surface area contributed by atoms with Gasteiger partial charge in [0.2, 0.25) is 0 Å². The Balaban J connectivity index is 1.59. The second-order valence-corrected chi connectivity index (χ2v) is 5.97. The Kier molecular flexibility index (Phi) is 6.31. The van der Waals surface area contributed by atoms with Crippen LogP contribution in [0.2, 0.25) is 0 Å². The molecule has 1 aliphatic rings. The Morgan fingerprint density at radius 1 is 1.37 bits per heavy atom. The number of rotatable bonds is 7. The van der Waals surface area contributed by atoms with Crippen LogP contribution in [-0.2, 0) is 4.74 Å². The predicted octanol–water partition coefficient (Wildman–Crippen LogP) is 3.03. The molecule has 106 valence electrons. The van der Waals surface area contributed by atoms with Crippen LogP contribution in [0.4, 0.5) is 0 Å². The second-order valence-electron chi connectivity index (χ2n) is 5.05. The van der Waals surface area contributed by atoms with Gasteiger partial charge in [-0.05, 0) is 30.5 Å². The van der Waals surface area contributed by atoms with Crippen LogP contribution in [0.3, 0.4) is 0 Å². The number of aliphatic hydroxyl groups is 1. The van der Waals surface area contributed by atoms with Gasteiger partial charge in [-0.25, -0.2) is 0 Å². The van der Waals surface area contributed by atoms with Gasteiger partial charge < -0.3 is 15.2 Å². The topological polar surface area (TPSA) is 41.5 Å². The standard InChI is InChI=1S/C15H22BrNO2/c16-13-5-3-4-12(10-13)15(18)11-17-8-9-19-14-6-1-2-7-14/h3-5,10,14-15,17-18H,1-2,6-9,11H2. The minimum absolute atomic E-state index is 0.469. The first-order valence-electron chi connectivity index (χ1n) is 7.01. The fraction of sp³-hybridized carbons (Fsp3) is 0.600. The van der Waals surface area contributed by atoms with Gasteiger partial charge in [-0.1, -0.05) is 40.9 Å². The summed E-state index contributed by atoms with van der Waals surface area (Å²) in [5.74, 6) is 0. The van der Waals surface area contributed by atoms with Crippen molar-refractivity contribution < 1.29 is 9.84 Å². The van der Waals surface area contributed by atoms with Crippen molar-refractivity contribution in [3.05, 3.63) is 34.3 Å². The lowest BCUT2D eigenvalue weighted by atomic mass is 10.1. The van der Waals surface area contributed by atoms with E-state index in [9.17, 15) is 5.11 Å². The molecule has 2 rings (SSSR count). The van der Waals surface area contributed by atoms with Crippen molar-refractivity contribution in [1.82, 2.24) is 5.32 Å². The van der Waals surface area contributed by atoms with Crippen molar-refractivity contribution in [3.8, 4) is 0 Å². The smallest absolute Gasteiger partial charge is 0.0914 e. The second kappa shape index (κ2) is 8.00. The van der Waals surface area contributed by atoms with Gasteiger partial charge in [0.15, 0.2) is 0 Å². The van der Waals surface area contributed by atoms with E-state index in [2.05, 4.69) is 21.2 Å². The van der Waals surface area contributed by atoms with Crippen molar-refractivity contribution >= 4 is 15.9 Å². The Hall–Kier alpha value is -0.420. The lowest BCUT2D eigenvalue weighted by Crippen LogP contribution is -2.26. The molecule has 1 fully saturated rings. The number of aliphatic hydroxyl groups excluding tert-OH is 1. The van der Waals surface area contributed by atoms with E-state index in [-0.39, 0.29) is 0 Å². The van der Waals surface area contributed by atoms with Crippen LogP contribution in [0.15, 0.2) is 28.7 Å². The van der Waals surface area contributed by atoms with Crippen LogP contribution >= 0.6 is 15.9 Å². The monoisotopic (exact) mass is 327 g/mol. The van der Waals surface area contributed by atoms with Crippen molar-refractivity contribution in [1.29, 1.82) is 0 Å². The van der Waals surface area contributed by atoms with Crippen molar-refractivity contribution in [2.45, 2.75) is 37.9 Å². The first-order chi connectivity index (χ1) is 9.25. The highest BCUT2D eigenvalue weighted by Crippen LogP contribution is 2.20. The van der Waals surface area contributed by atoms with Gasteiger partial charge in [0, 0.05) is 17.6 Å². The molecule has 0 spiro atoms. The van der Waals surface area contributed by atoms with Crippen LogP contribution in [0, 0.1) is 0 Å². The first kappa shape index (κ1) is 15.0. The molecular weight excluding hydrogens is 306 g/mol. The third-order valence-corrected chi connectivity index (χ3v) is 4.00. The molecule has 0 radical (unpaired) electrons. The average molecular weight is 328 g/mol. The molecule has 0 aromatic heterocycles. The maximum absolute atomic E-state index is 10.0. The maximum atomic E-state index is 10.0. The van der Waals surface area contributed by atoms with Crippen LogP contribution in [0.5, 0.6) is 0 Å². The summed E-state index contributed by atoms with van der Waals surface area (Å²) in [6, 6.07) is 7.78. The van der Waals surface area contributed by atoms with Crippen LogP contribution in [-0.4, -0.2) is 30.9 Å². The molecule has 19 heavy (non-hydrogen) atoms. The highest BCUT2D eigenvalue weighted by molar-refractivity contribution is 9.10. The fourth-order valence-corrected chi connectivity index (χ4v) is 2.84. The molecule has 0 aliphatic heterocycles. The minimum Gasteiger partial charge on any atom is -0.387 e. The third-order valence-electron chi connectivity index (χ3n) is 3.51. The Bertz CT molecular complexity index is 380. The van der Waals surface area contributed by atoms with Gasteiger partial charge >= 0.3 is 0 Å². The van der Waals surface area contributed by atoms with Crippen LogP contribution in [0.1, 0.15) is 37.4 Å². The predicted molar refractivity (Wildman–Crippen MR) is 80.2 cm³/mol. The summed E-state index contributed by atoms with van der Waals surface area (Å²) < 4.78 is 6.75. The third kappa shape index (κ3) is 5.22. The molecule has 3 nitrogen and oxygen atoms in total. The Labute approximate surface area is 123 Å². The van der Waals surface area contributed by atoms with E-state index in [1.54, 1.807) is 0 Å². The van der Waals surface area contributed by atoms with Gasteiger partial charge in [-0.15, -0.1) is 0 Å². The van der Waals surface area contributed by atoms with Gasteiger partial charge in [0.1, 0.15) is 0 Å². The molecular formula is C15H22BrNO2. The van der Waals surface area contributed by atoms with Crippen LogP contribution in [0.25, 0.3) is 0 Å². The molecule has 1 saturated carbocycles. The summed E-state index contributed by atoms with van der Waals surface area (Å²) in [6.07, 6.45) is 5.03. The van der Waals surface area contributed by atoms with E-state index in [4.69, 9.17) is 4.74 Å². The Morgan fingerprint density at radius 3 is 2.89 bits per heavy atom. The molecule has 4 heteroatoms. The molecule has 0 amide bonds. The molecule has 0 bridgehead atoms. The molecule has 1 atom stereocenters. The van der Waals surface area contributed by atoms with Gasteiger partial charge in [0.05, 0.1) is 18.8 Å². The zero-order valence-corrected chi connectivity index (χ0v) is 12.7. The number of hydrogen-bond donors (Lipinski definition) is 2. The summed E-state index contributed by atoms with van der Waals surface area (Å²) in [5.41, 5.74) is 0.929. The maximum Gasteiger partial charge on any atom is 0.0914 e. The van der Waals surface area contributed by atoms with Crippen molar-refractivity contribution in [3.63, 3.8) is 0 Å². The fourth-order valence-electron chi connectivity index (χ4n) is 2.42. The van der Waals surface area contributed by atoms with E-state index in [0.717, 1.165) is 23.2 Å². The first-order valence-corrected chi connectivity index (χ1v) is 7.81. The molecule has 1 aliphatic carbocycles. The summed E-state index contributed by atoms with van der Waals surface area (Å²) >= 11 is 3.41. The summed E-state index contributed by atoms with van der Waals surface area (Å²) in [7, 11) is 0. The molecule has 2 N–H and O–H groups in total. The normalized spacial score (nSPS) is 17.8. The van der Waals surface area contributed by atoms with Crippen molar-refractivity contribution in [2.24, 2.45) is 0 Å². The van der Waals surface area contributed by atoms with E-state index in [0.29, 0.717) is 12.6 Å². The lowest BCUT2D eigenvalue weighted by Gasteiger charge is -2.14.